The molecular formula is C6H3F3O3. The third kappa shape index (κ3) is 2.01. The number of esters is 1. The van der Waals surface area contributed by atoms with Crippen LogP contribution in [0.25, 0.3) is 0 Å². The minimum absolute atomic E-state index is 0.266. The fourth-order valence-corrected chi connectivity index (χ4v) is 0.475. The average Bonchev–Trinajstić information content (AvgIpc) is 2.37. The van der Waals surface area contributed by atoms with Gasteiger partial charge in [-0.2, -0.15) is 13.2 Å². The molecule has 0 spiro atoms. The molecule has 1 aromatic heterocycles. The number of carbonyl (C=O) groups excluding carboxylic acids is 1. The van der Waals surface area contributed by atoms with Gasteiger partial charge in [-0.05, 0) is 0 Å². The van der Waals surface area contributed by atoms with Gasteiger partial charge in [0.25, 0.3) is 0 Å². The minimum Gasteiger partial charge on any atom is -0.469 e. The molecule has 0 bridgehead atoms. The van der Waals surface area contributed by atoms with Crippen molar-refractivity contribution < 1.29 is 27.1 Å². The zero-order chi connectivity index (χ0) is 9.19. The smallest absolute Gasteiger partial charge is 0.469 e. The van der Waals surface area contributed by atoms with Crippen LogP contribution in [0.2, 0.25) is 0 Å². The maximum Gasteiger partial charge on any atom is 0.491 e. The summed E-state index contributed by atoms with van der Waals surface area (Å²) in [6.07, 6.45) is -2.99. The molecule has 0 N–H and O–H groups in total. The lowest BCUT2D eigenvalue weighted by molar-refractivity contribution is -0.189. The first kappa shape index (κ1) is 8.63. The van der Waals surface area contributed by atoms with Crippen molar-refractivity contribution >= 4 is 5.97 Å². The molecule has 66 valence electrons. The van der Waals surface area contributed by atoms with E-state index in [-0.39, 0.29) is 5.75 Å². The first-order chi connectivity index (χ1) is 5.50. The highest BCUT2D eigenvalue weighted by Crippen LogP contribution is 2.19. The monoisotopic (exact) mass is 180 g/mol. The summed E-state index contributed by atoms with van der Waals surface area (Å²) in [6, 6.07) is 1.10. The normalized spacial score (nSPS) is 11.2. The Labute approximate surface area is 64.7 Å². The molecule has 0 unspecified atom stereocenters. The van der Waals surface area contributed by atoms with Crippen LogP contribution in [-0.2, 0) is 4.79 Å². The van der Waals surface area contributed by atoms with Gasteiger partial charge in [-0.3, -0.25) is 0 Å². The Bertz CT molecular complexity index is 262. The molecule has 0 fully saturated rings. The summed E-state index contributed by atoms with van der Waals surface area (Å²) >= 11 is 0. The molecule has 0 aliphatic carbocycles. The highest BCUT2D eigenvalue weighted by atomic mass is 19.4. The topological polar surface area (TPSA) is 39.4 Å². The first-order valence-corrected chi connectivity index (χ1v) is 2.81. The van der Waals surface area contributed by atoms with Gasteiger partial charge < -0.3 is 9.15 Å². The van der Waals surface area contributed by atoms with Gasteiger partial charge in [0.2, 0.25) is 0 Å². The maximum atomic E-state index is 11.5. The number of rotatable bonds is 1. The standard InChI is InChI=1S/C6H3F3O3/c7-6(8,9)5(10)12-4-1-2-11-3-4/h1-3H. The number of hydrogen-bond donors (Lipinski definition) is 0. The Morgan fingerprint density at radius 3 is 2.58 bits per heavy atom. The fourth-order valence-electron chi connectivity index (χ4n) is 0.475. The maximum absolute atomic E-state index is 11.5. The van der Waals surface area contributed by atoms with E-state index in [1.54, 1.807) is 0 Å². The zero-order valence-corrected chi connectivity index (χ0v) is 5.59. The van der Waals surface area contributed by atoms with Crippen molar-refractivity contribution in [3.05, 3.63) is 18.6 Å². The van der Waals surface area contributed by atoms with Crippen molar-refractivity contribution in [3.63, 3.8) is 0 Å². The molecule has 0 saturated carbocycles. The third-order valence-corrected chi connectivity index (χ3v) is 0.937. The molecule has 0 atom stereocenters. The predicted octanol–water partition coefficient (Wildman–Crippen LogP) is 1.75. The van der Waals surface area contributed by atoms with E-state index in [1.807, 2.05) is 0 Å². The zero-order valence-electron chi connectivity index (χ0n) is 5.59. The summed E-state index contributed by atoms with van der Waals surface area (Å²) in [4.78, 5) is 10.1. The van der Waals surface area contributed by atoms with Crippen molar-refractivity contribution in [2.75, 3.05) is 0 Å². The molecule has 1 aromatic rings. The molecule has 0 saturated heterocycles. The molecule has 1 rings (SSSR count). The summed E-state index contributed by atoms with van der Waals surface area (Å²) in [5.74, 6) is -2.53. The highest BCUT2D eigenvalue weighted by molar-refractivity contribution is 5.77. The van der Waals surface area contributed by atoms with E-state index >= 15 is 0 Å². The minimum atomic E-state index is -4.97. The van der Waals surface area contributed by atoms with Gasteiger partial charge >= 0.3 is 12.1 Å². The average molecular weight is 180 g/mol. The van der Waals surface area contributed by atoms with Gasteiger partial charge in [0.15, 0.2) is 5.75 Å². The van der Waals surface area contributed by atoms with Gasteiger partial charge in [-0.1, -0.05) is 0 Å². The van der Waals surface area contributed by atoms with Crippen LogP contribution in [-0.4, -0.2) is 12.1 Å². The van der Waals surface area contributed by atoms with Crippen molar-refractivity contribution in [2.24, 2.45) is 0 Å². The molecule has 0 aliphatic heterocycles. The van der Waals surface area contributed by atoms with Gasteiger partial charge in [-0.15, -0.1) is 0 Å². The summed E-state index contributed by atoms with van der Waals surface area (Å²) in [5.41, 5.74) is 0. The molecule has 0 aliphatic rings. The van der Waals surface area contributed by atoms with Crippen molar-refractivity contribution in [1.82, 2.24) is 0 Å². The van der Waals surface area contributed by atoms with E-state index < -0.39 is 12.1 Å². The summed E-state index contributed by atoms with van der Waals surface area (Å²) < 4.78 is 42.9. The van der Waals surface area contributed by atoms with E-state index in [0.29, 0.717) is 0 Å². The lowest BCUT2D eigenvalue weighted by Gasteiger charge is -2.03. The summed E-state index contributed by atoms with van der Waals surface area (Å²) in [7, 11) is 0. The van der Waals surface area contributed by atoms with E-state index in [2.05, 4.69) is 9.15 Å². The lowest BCUT2D eigenvalue weighted by Crippen LogP contribution is -2.27. The van der Waals surface area contributed by atoms with Crippen molar-refractivity contribution in [2.45, 2.75) is 6.18 Å². The number of hydrogen-bond acceptors (Lipinski definition) is 3. The third-order valence-electron chi connectivity index (χ3n) is 0.937. The Balaban J connectivity index is 2.60. The molecular weight excluding hydrogens is 177 g/mol. The summed E-state index contributed by atoms with van der Waals surface area (Å²) in [6.45, 7) is 0. The van der Waals surface area contributed by atoms with Crippen LogP contribution in [0.15, 0.2) is 23.0 Å². The number of furan rings is 1. The number of halogens is 3. The van der Waals surface area contributed by atoms with Gasteiger partial charge in [0.1, 0.15) is 6.26 Å². The first-order valence-electron chi connectivity index (χ1n) is 2.81. The Hall–Kier alpha value is -1.46. The molecule has 6 heteroatoms. The van der Waals surface area contributed by atoms with Gasteiger partial charge in [0.05, 0.1) is 6.26 Å². The molecule has 0 amide bonds. The number of ether oxygens (including phenoxy) is 1. The highest BCUT2D eigenvalue weighted by Gasteiger charge is 2.41. The fraction of sp³-hybridized carbons (Fsp3) is 0.167. The Morgan fingerprint density at radius 2 is 2.17 bits per heavy atom. The van der Waals surface area contributed by atoms with Crippen molar-refractivity contribution in [3.8, 4) is 5.75 Å². The SMILES string of the molecule is O=C(Oc1ccoc1)C(F)(F)F. The Morgan fingerprint density at radius 1 is 1.50 bits per heavy atom. The molecule has 1 heterocycles. The second kappa shape index (κ2) is 2.88. The van der Waals surface area contributed by atoms with E-state index in [9.17, 15) is 18.0 Å². The van der Waals surface area contributed by atoms with Crippen LogP contribution in [0.3, 0.4) is 0 Å². The lowest BCUT2D eigenvalue weighted by atomic mass is 10.6. The van der Waals surface area contributed by atoms with Crippen LogP contribution >= 0.6 is 0 Å². The quantitative estimate of drug-likeness (QED) is 0.618. The van der Waals surface area contributed by atoms with Crippen LogP contribution in [0.5, 0.6) is 5.75 Å². The number of carbonyl (C=O) groups is 1. The molecule has 12 heavy (non-hydrogen) atoms. The van der Waals surface area contributed by atoms with Gasteiger partial charge in [-0.25, -0.2) is 4.79 Å². The predicted molar refractivity (Wildman–Crippen MR) is 30.4 cm³/mol. The van der Waals surface area contributed by atoms with Crippen LogP contribution in [0, 0.1) is 0 Å². The van der Waals surface area contributed by atoms with E-state index in [4.69, 9.17) is 0 Å². The molecule has 3 nitrogen and oxygen atoms in total. The number of alkyl halides is 3. The Kier molecular flexibility index (Phi) is 2.07. The largest absolute Gasteiger partial charge is 0.491 e. The second-order valence-electron chi connectivity index (χ2n) is 1.85. The van der Waals surface area contributed by atoms with E-state index in [1.165, 1.54) is 0 Å². The second-order valence-corrected chi connectivity index (χ2v) is 1.85. The molecule has 0 radical (unpaired) electrons. The van der Waals surface area contributed by atoms with Crippen molar-refractivity contribution in [1.29, 1.82) is 0 Å². The van der Waals surface area contributed by atoms with Crippen LogP contribution in [0.1, 0.15) is 0 Å². The van der Waals surface area contributed by atoms with Gasteiger partial charge in [0, 0.05) is 6.07 Å². The van der Waals surface area contributed by atoms with Crippen LogP contribution in [0.4, 0.5) is 13.2 Å². The van der Waals surface area contributed by atoms with Crippen LogP contribution < -0.4 is 4.74 Å². The van der Waals surface area contributed by atoms with E-state index in [0.717, 1.165) is 18.6 Å². The summed E-state index contributed by atoms with van der Waals surface area (Å²) in [5, 5.41) is 0. The molecule has 0 aromatic carbocycles.